The molecule has 0 bridgehead atoms. The topological polar surface area (TPSA) is 114 Å². The summed E-state index contributed by atoms with van der Waals surface area (Å²) >= 11 is 0. The van der Waals surface area contributed by atoms with Crippen molar-refractivity contribution in [1.29, 1.82) is 0 Å². The Bertz CT molecular complexity index is 833. The molecule has 3 amide bonds. The maximum absolute atomic E-state index is 12.4. The van der Waals surface area contributed by atoms with Gasteiger partial charge in [0.1, 0.15) is 10.6 Å². The number of benzene rings is 1. The molecule has 148 valence electrons. The van der Waals surface area contributed by atoms with Gasteiger partial charge in [0.2, 0.25) is 5.91 Å². The van der Waals surface area contributed by atoms with Gasteiger partial charge in [0, 0.05) is 19.2 Å². The lowest BCUT2D eigenvalue weighted by Gasteiger charge is -2.14. The number of methoxy groups -OCH3 is 1. The molecule has 0 radical (unpaired) electrons. The molecule has 1 aliphatic carbocycles. The first-order valence-electron chi connectivity index (χ1n) is 8.76. The van der Waals surface area contributed by atoms with Crippen LogP contribution in [0.1, 0.15) is 31.2 Å². The van der Waals surface area contributed by atoms with Gasteiger partial charge in [0.05, 0.1) is 7.11 Å². The van der Waals surface area contributed by atoms with Gasteiger partial charge in [0.15, 0.2) is 0 Å². The summed E-state index contributed by atoms with van der Waals surface area (Å²) in [5, 5.41) is 5.06. The number of allylic oxidation sites excluding steroid dienone is 1. The van der Waals surface area contributed by atoms with E-state index in [1.54, 1.807) is 6.07 Å². The van der Waals surface area contributed by atoms with Crippen LogP contribution in [0, 0.1) is 0 Å². The predicted octanol–water partition coefficient (Wildman–Crippen LogP) is 1.47. The minimum Gasteiger partial charge on any atom is -0.495 e. The second-order valence-corrected chi connectivity index (χ2v) is 7.80. The Hall–Kier alpha value is -2.55. The molecule has 0 saturated heterocycles. The van der Waals surface area contributed by atoms with Crippen LogP contribution < -0.4 is 20.1 Å². The van der Waals surface area contributed by atoms with Crippen molar-refractivity contribution in [3.63, 3.8) is 0 Å². The number of rotatable bonds is 7. The van der Waals surface area contributed by atoms with E-state index in [1.807, 2.05) is 10.8 Å². The van der Waals surface area contributed by atoms with Crippen molar-refractivity contribution in [2.24, 2.45) is 0 Å². The molecule has 9 heteroatoms. The van der Waals surface area contributed by atoms with Crippen LogP contribution in [0.3, 0.4) is 0 Å². The highest BCUT2D eigenvalue weighted by Crippen LogP contribution is 2.25. The molecule has 0 heterocycles. The second-order valence-electron chi connectivity index (χ2n) is 6.15. The molecule has 1 aliphatic rings. The van der Waals surface area contributed by atoms with Gasteiger partial charge in [-0.05, 0) is 49.8 Å². The van der Waals surface area contributed by atoms with Gasteiger partial charge in [0.25, 0.3) is 10.0 Å². The predicted molar refractivity (Wildman–Crippen MR) is 101 cm³/mol. The van der Waals surface area contributed by atoms with Gasteiger partial charge >= 0.3 is 6.03 Å². The van der Waals surface area contributed by atoms with E-state index in [2.05, 4.69) is 10.6 Å². The summed E-state index contributed by atoms with van der Waals surface area (Å²) in [5.74, 6) is 0.0592. The van der Waals surface area contributed by atoms with Crippen LogP contribution in [0.25, 0.3) is 0 Å². The summed E-state index contributed by atoms with van der Waals surface area (Å²) in [4.78, 5) is 23.4. The smallest absolute Gasteiger partial charge is 0.328 e. The average molecular weight is 395 g/mol. The molecule has 0 spiro atoms. The fourth-order valence-corrected chi connectivity index (χ4v) is 3.97. The number of urea groups is 1. The lowest BCUT2D eigenvalue weighted by molar-refractivity contribution is -0.117. The first-order valence-corrected chi connectivity index (χ1v) is 10.2. The zero-order valence-corrected chi connectivity index (χ0v) is 16.3. The minimum absolute atomic E-state index is 0.0719. The number of amides is 3. The molecule has 0 unspecified atom stereocenters. The summed E-state index contributed by atoms with van der Waals surface area (Å²) in [7, 11) is -1.40. The van der Waals surface area contributed by atoms with Gasteiger partial charge in [-0.15, -0.1) is 0 Å². The Morgan fingerprint density at radius 1 is 1.22 bits per heavy atom. The fourth-order valence-electron chi connectivity index (χ4n) is 2.79. The summed E-state index contributed by atoms with van der Waals surface area (Å²) < 4.78 is 31.8. The molecule has 0 atom stereocenters. The Labute approximate surface area is 159 Å². The Kier molecular flexibility index (Phi) is 7.23. The fraction of sp³-hybridized carbons (Fsp3) is 0.444. The summed E-state index contributed by atoms with van der Waals surface area (Å²) in [6.07, 6.45) is 6.29. The van der Waals surface area contributed by atoms with Crippen molar-refractivity contribution in [3.05, 3.63) is 35.4 Å². The number of sulfonamides is 1. The molecular formula is C18H25N3O5S. The van der Waals surface area contributed by atoms with Crippen molar-refractivity contribution in [1.82, 2.24) is 15.4 Å². The van der Waals surface area contributed by atoms with Crippen molar-refractivity contribution >= 4 is 22.0 Å². The van der Waals surface area contributed by atoms with E-state index in [9.17, 15) is 18.0 Å². The third kappa shape index (κ3) is 5.72. The van der Waals surface area contributed by atoms with E-state index in [0.717, 1.165) is 31.3 Å². The third-order valence-corrected chi connectivity index (χ3v) is 5.61. The lowest BCUT2D eigenvalue weighted by Crippen LogP contribution is -2.37. The molecular weight excluding hydrogens is 370 g/mol. The molecule has 1 aromatic rings. The number of carbonyl (C=O) groups excluding carboxylic acids is 2. The number of hydrogen-bond acceptors (Lipinski definition) is 5. The summed E-state index contributed by atoms with van der Waals surface area (Å²) in [6, 6.07) is 3.86. The summed E-state index contributed by atoms with van der Waals surface area (Å²) in [5.41, 5.74) is 1.51. The largest absolute Gasteiger partial charge is 0.495 e. The second kappa shape index (κ2) is 9.40. The van der Waals surface area contributed by atoms with Crippen molar-refractivity contribution in [2.45, 2.75) is 37.0 Å². The highest BCUT2D eigenvalue weighted by atomic mass is 32.2. The van der Waals surface area contributed by atoms with Crippen molar-refractivity contribution < 1.29 is 22.7 Å². The summed E-state index contributed by atoms with van der Waals surface area (Å²) in [6.45, 7) is 0.380. The molecule has 2 rings (SSSR count). The van der Waals surface area contributed by atoms with Crippen LogP contribution in [-0.2, 0) is 21.2 Å². The Morgan fingerprint density at radius 2 is 2.00 bits per heavy atom. The van der Waals surface area contributed by atoms with Gasteiger partial charge in [-0.3, -0.25) is 4.79 Å². The maximum Gasteiger partial charge on any atom is 0.328 e. The maximum atomic E-state index is 12.4. The standard InChI is InChI=1S/C18H25N3O5S/c1-19-18(23)21-27(24,25)16-12-13(8-9-15(16)26-2)10-11-20-17(22)14-6-4-3-5-7-14/h6,8-9,12H,3-5,7,10-11H2,1-2H3,(H,20,22)(H2,19,21,23). The highest BCUT2D eigenvalue weighted by molar-refractivity contribution is 7.90. The molecule has 3 N–H and O–H groups in total. The van der Waals surface area contributed by atoms with Crippen LogP contribution in [0.2, 0.25) is 0 Å². The van der Waals surface area contributed by atoms with Gasteiger partial charge in [-0.2, -0.15) is 0 Å². The Balaban J connectivity index is 2.06. The molecule has 0 aromatic heterocycles. The number of carbonyl (C=O) groups is 2. The van der Waals surface area contributed by atoms with Crippen LogP contribution in [0.4, 0.5) is 4.79 Å². The van der Waals surface area contributed by atoms with Crippen molar-refractivity contribution in [2.75, 3.05) is 20.7 Å². The molecule has 0 saturated carbocycles. The van der Waals surface area contributed by atoms with Gasteiger partial charge in [-0.1, -0.05) is 12.1 Å². The quantitative estimate of drug-likeness (QED) is 0.647. The number of hydrogen-bond donors (Lipinski definition) is 3. The van der Waals surface area contributed by atoms with E-state index in [0.29, 0.717) is 18.5 Å². The molecule has 0 fully saturated rings. The van der Waals surface area contributed by atoms with Gasteiger partial charge in [-0.25, -0.2) is 17.9 Å². The molecule has 0 aliphatic heterocycles. The molecule has 8 nitrogen and oxygen atoms in total. The van der Waals surface area contributed by atoms with Crippen LogP contribution in [0.5, 0.6) is 5.75 Å². The molecule has 27 heavy (non-hydrogen) atoms. The first-order chi connectivity index (χ1) is 12.9. The highest BCUT2D eigenvalue weighted by Gasteiger charge is 2.22. The zero-order valence-electron chi connectivity index (χ0n) is 15.5. The Morgan fingerprint density at radius 3 is 2.63 bits per heavy atom. The third-order valence-electron chi connectivity index (χ3n) is 4.25. The minimum atomic E-state index is -4.08. The normalized spacial score (nSPS) is 14.1. The SMILES string of the molecule is CNC(=O)NS(=O)(=O)c1cc(CCNC(=O)C2=CCCCC2)ccc1OC. The number of nitrogens with one attached hydrogen (secondary N) is 3. The molecule has 1 aromatic carbocycles. The van der Waals surface area contributed by atoms with Crippen LogP contribution in [0.15, 0.2) is 34.7 Å². The average Bonchev–Trinajstić information content (AvgIpc) is 2.68. The van der Waals surface area contributed by atoms with E-state index in [-0.39, 0.29) is 16.6 Å². The van der Waals surface area contributed by atoms with Crippen LogP contribution >= 0.6 is 0 Å². The zero-order chi connectivity index (χ0) is 19.9. The van der Waals surface area contributed by atoms with E-state index in [1.165, 1.54) is 26.3 Å². The van der Waals surface area contributed by atoms with Crippen molar-refractivity contribution in [3.8, 4) is 5.75 Å². The lowest BCUT2D eigenvalue weighted by atomic mass is 9.99. The van der Waals surface area contributed by atoms with E-state index in [4.69, 9.17) is 4.74 Å². The van der Waals surface area contributed by atoms with E-state index < -0.39 is 16.1 Å². The first kappa shape index (κ1) is 20.8. The van der Waals surface area contributed by atoms with Crippen LogP contribution in [-0.4, -0.2) is 41.1 Å². The van der Waals surface area contributed by atoms with E-state index >= 15 is 0 Å². The monoisotopic (exact) mass is 395 g/mol. The number of ether oxygens (including phenoxy) is 1. The van der Waals surface area contributed by atoms with Gasteiger partial charge < -0.3 is 15.4 Å².